The lowest BCUT2D eigenvalue weighted by atomic mass is 9.86. The van der Waals surface area contributed by atoms with Gasteiger partial charge in [-0.1, -0.05) is 124 Å². The van der Waals surface area contributed by atoms with E-state index in [-0.39, 0.29) is 0 Å². The second-order valence-electron chi connectivity index (χ2n) is 8.21. The lowest BCUT2D eigenvalue weighted by Crippen LogP contribution is -2.02. The monoisotopic (exact) mass is 384 g/mol. The summed E-state index contributed by atoms with van der Waals surface area (Å²) in [6, 6.07) is 31.2. The summed E-state index contributed by atoms with van der Waals surface area (Å²) < 4.78 is 0. The van der Waals surface area contributed by atoms with Crippen LogP contribution in [0.3, 0.4) is 0 Å². The molecule has 0 saturated heterocycles. The van der Waals surface area contributed by atoms with Crippen molar-refractivity contribution in [3.8, 4) is 0 Å². The molecular formula is C29H36. The van der Waals surface area contributed by atoms with Gasteiger partial charge in [-0.3, -0.25) is 0 Å². The first-order valence-electron chi connectivity index (χ1n) is 11.5. The fraction of sp³-hybridized carbons (Fsp3) is 0.379. The van der Waals surface area contributed by atoms with Crippen molar-refractivity contribution in [2.24, 2.45) is 0 Å². The van der Waals surface area contributed by atoms with E-state index in [4.69, 9.17) is 0 Å². The van der Waals surface area contributed by atoms with Crippen molar-refractivity contribution in [1.82, 2.24) is 0 Å². The Morgan fingerprint density at radius 2 is 1.14 bits per heavy atom. The molecule has 0 aliphatic heterocycles. The topological polar surface area (TPSA) is 0 Å². The van der Waals surface area contributed by atoms with Gasteiger partial charge in [0.1, 0.15) is 0 Å². The molecule has 3 aromatic rings. The highest BCUT2D eigenvalue weighted by Crippen LogP contribution is 2.30. The minimum Gasteiger partial charge on any atom is -0.0622 e. The molecular weight excluding hydrogens is 348 g/mol. The first kappa shape index (κ1) is 21.4. The third kappa shape index (κ3) is 7.20. The van der Waals surface area contributed by atoms with Crippen molar-refractivity contribution >= 4 is 0 Å². The number of aryl methyl sites for hydroxylation is 2. The largest absolute Gasteiger partial charge is 0.0622 e. The van der Waals surface area contributed by atoms with Crippen molar-refractivity contribution in [3.63, 3.8) is 0 Å². The van der Waals surface area contributed by atoms with Crippen LogP contribution < -0.4 is 0 Å². The normalized spacial score (nSPS) is 12.0. The Morgan fingerprint density at radius 1 is 0.552 bits per heavy atom. The van der Waals surface area contributed by atoms with Crippen LogP contribution in [0.5, 0.6) is 0 Å². The summed E-state index contributed by atoms with van der Waals surface area (Å²) in [5.74, 6) is 0.529. The molecule has 29 heavy (non-hydrogen) atoms. The maximum atomic E-state index is 2.42. The molecule has 0 aromatic heterocycles. The molecule has 0 heterocycles. The average Bonchev–Trinajstić information content (AvgIpc) is 2.79. The summed E-state index contributed by atoms with van der Waals surface area (Å²) in [5.41, 5.74) is 5.87. The van der Waals surface area contributed by atoms with E-state index >= 15 is 0 Å². The van der Waals surface area contributed by atoms with Crippen LogP contribution in [0, 0.1) is 0 Å². The first-order valence-corrected chi connectivity index (χ1v) is 11.5. The van der Waals surface area contributed by atoms with Crippen molar-refractivity contribution in [1.29, 1.82) is 0 Å². The van der Waals surface area contributed by atoms with Crippen molar-refractivity contribution in [2.45, 2.75) is 70.6 Å². The summed E-state index contributed by atoms with van der Waals surface area (Å²) in [7, 11) is 0. The van der Waals surface area contributed by atoms with Crippen LogP contribution in [-0.4, -0.2) is 0 Å². The van der Waals surface area contributed by atoms with E-state index in [1.807, 2.05) is 0 Å². The second-order valence-corrected chi connectivity index (χ2v) is 8.21. The maximum Gasteiger partial charge on any atom is 0.00894 e. The lowest BCUT2D eigenvalue weighted by molar-refractivity contribution is 0.561. The smallest absolute Gasteiger partial charge is 0.00894 e. The second kappa shape index (κ2) is 12.3. The van der Waals surface area contributed by atoms with Gasteiger partial charge in [0.2, 0.25) is 0 Å². The summed E-state index contributed by atoms with van der Waals surface area (Å²) >= 11 is 0. The van der Waals surface area contributed by atoms with Crippen LogP contribution >= 0.6 is 0 Å². The van der Waals surface area contributed by atoms with Gasteiger partial charge >= 0.3 is 0 Å². The lowest BCUT2D eigenvalue weighted by Gasteiger charge is -2.19. The van der Waals surface area contributed by atoms with Gasteiger partial charge in [-0.15, -0.1) is 0 Å². The molecule has 0 nitrogen and oxygen atoms in total. The first-order chi connectivity index (χ1) is 14.4. The quantitative estimate of drug-likeness (QED) is 0.275. The predicted octanol–water partition coefficient (Wildman–Crippen LogP) is 8.35. The molecule has 3 aromatic carbocycles. The average molecular weight is 385 g/mol. The molecule has 3 rings (SSSR count). The molecule has 0 aliphatic rings. The molecule has 0 heteroatoms. The maximum absolute atomic E-state index is 2.42. The Balaban J connectivity index is 1.43. The molecule has 1 unspecified atom stereocenters. The SMILES string of the molecule is CCc1cccc(C(CCCCCCCCc2ccccc2)c2ccccc2)c1. The highest BCUT2D eigenvalue weighted by atomic mass is 14.2. The van der Waals surface area contributed by atoms with Crippen molar-refractivity contribution < 1.29 is 0 Å². The molecule has 0 amide bonds. The summed E-state index contributed by atoms with van der Waals surface area (Å²) in [6.45, 7) is 2.24. The fourth-order valence-electron chi connectivity index (χ4n) is 4.27. The number of unbranched alkanes of at least 4 members (excludes halogenated alkanes) is 5. The molecule has 0 bridgehead atoms. The number of hydrogen-bond acceptors (Lipinski definition) is 0. The van der Waals surface area contributed by atoms with Gasteiger partial charge in [0.25, 0.3) is 0 Å². The highest BCUT2D eigenvalue weighted by molar-refractivity contribution is 5.34. The summed E-state index contributed by atoms with van der Waals surface area (Å²) in [5, 5.41) is 0. The van der Waals surface area contributed by atoms with Gasteiger partial charge in [-0.05, 0) is 47.9 Å². The van der Waals surface area contributed by atoms with E-state index in [0.29, 0.717) is 5.92 Å². The molecule has 0 N–H and O–H groups in total. The number of rotatable bonds is 12. The van der Waals surface area contributed by atoms with Gasteiger partial charge in [0, 0.05) is 5.92 Å². The van der Waals surface area contributed by atoms with E-state index in [0.717, 1.165) is 6.42 Å². The third-order valence-electron chi connectivity index (χ3n) is 6.01. The fourth-order valence-corrected chi connectivity index (χ4v) is 4.27. The Labute approximate surface area is 178 Å². The number of hydrogen-bond donors (Lipinski definition) is 0. The molecule has 0 aliphatic carbocycles. The van der Waals surface area contributed by atoms with Crippen molar-refractivity contribution in [3.05, 3.63) is 107 Å². The minimum absolute atomic E-state index is 0.529. The van der Waals surface area contributed by atoms with E-state index in [2.05, 4.69) is 91.9 Å². The van der Waals surface area contributed by atoms with Gasteiger partial charge in [0.05, 0.1) is 0 Å². The van der Waals surface area contributed by atoms with Gasteiger partial charge < -0.3 is 0 Å². The van der Waals surface area contributed by atoms with E-state index in [1.54, 1.807) is 0 Å². The molecule has 1 atom stereocenters. The minimum atomic E-state index is 0.529. The molecule has 0 saturated carbocycles. The zero-order valence-electron chi connectivity index (χ0n) is 18.0. The zero-order valence-corrected chi connectivity index (χ0v) is 18.0. The van der Waals surface area contributed by atoms with E-state index in [9.17, 15) is 0 Å². The Bertz CT molecular complexity index is 804. The molecule has 0 radical (unpaired) electrons. The molecule has 0 fully saturated rings. The molecule has 152 valence electrons. The van der Waals surface area contributed by atoms with Crippen LogP contribution in [0.2, 0.25) is 0 Å². The van der Waals surface area contributed by atoms with Crippen LogP contribution in [0.4, 0.5) is 0 Å². The van der Waals surface area contributed by atoms with Crippen LogP contribution in [0.15, 0.2) is 84.9 Å². The summed E-state index contributed by atoms with van der Waals surface area (Å²) in [6.07, 6.45) is 11.7. The van der Waals surface area contributed by atoms with Gasteiger partial charge in [-0.25, -0.2) is 0 Å². The van der Waals surface area contributed by atoms with Gasteiger partial charge in [-0.2, -0.15) is 0 Å². The molecule has 0 spiro atoms. The Hall–Kier alpha value is -2.34. The number of benzene rings is 3. The van der Waals surface area contributed by atoms with Crippen LogP contribution in [0.1, 0.15) is 80.0 Å². The van der Waals surface area contributed by atoms with Crippen molar-refractivity contribution in [2.75, 3.05) is 0 Å². The standard InChI is InChI=1S/C29H36/c1-2-25-19-15-22-28(24-25)29(27-20-12-8-13-21-27)23-14-6-4-3-5-9-16-26-17-10-7-11-18-26/h7-8,10-13,15,17-22,24,29H,2-6,9,14,16,23H2,1H3. The Morgan fingerprint density at radius 3 is 1.86 bits per heavy atom. The predicted molar refractivity (Wildman–Crippen MR) is 127 cm³/mol. The summed E-state index contributed by atoms with van der Waals surface area (Å²) in [4.78, 5) is 0. The van der Waals surface area contributed by atoms with E-state index < -0.39 is 0 Å². The van der Waals surface area contributed by atoms with Crippen LogP contribution in [-0.2, 0) is 12.8 Å². The van der Waals surface area contributed by atoms with E-state index in [1.165, 1.54) is 73.6 Å². The highest BCUT2D eigenvalue weighted by Gasteiger charge is 2.14. The zero-order chi connectivity index (χ0) is 20.2. The van der Waals surface area contributed by atoms with Gasteiger partial charge in [0.15, 0.2) is 0 Å². The van der Waals surface area contributed by atoms with Crippen LogP contribution in [0.25, 0.3) is 0 Å². The third-order valence-corrected chi connectivity index (χ3v) is 6.01. The Kier molecular flexibility index (Phi) is 9.04.